The summed E-state index contributed by atoms with van der Waals surface area (Å²) in [6, 6.07) is 7.08. The monoisotopic (exact) mass is 390 g/mol. The number of rotatable bonds is 4. The van der Waals surface area contributed by atoms with Crippen LogP contribution in [-0.4, -0.2) is 18.4 Å². The number of anilines is 1. The van der Waals surface area contributed by atoms with E-state index in [0.29, 0.717) is 0 Å². The van der Waals surface area contributed by atoms with Gasteiger partial charge >= 0.3 is 12.4 Å². The molecule has 0 heterocycles. The molecule has 27 heavy (non-hydrogen) atoms. The van der Waals surface area contributed by atoms with Crippen LogP contribution in [-0.2, 0) is 17.1 Å². The van der Waals surface area contributed by atoms with Gasteiger partial charge in [-0.25, -0.2) is 0 Å². The van der Waals surface area contributed by atoms with Crippen molar-refractivity contribution in [2.45, 2.75) is 12.4 Å². The molecule has 0 atom stereocenters. The third kappa shape index (κ3) is 5.73. The fourth-order valence-corrected chi connectivity index (χ4v) is 2.02. The normalized spacial score (nSPS) is 11.8. The molecule has 0 radical (unpaired) electrons. The predicted octanol–water partition coefficient (Wildman–Crippen LogP) is 4.09. The lowest BCUT2D eigenvalue weighted by atomic mass is 10.1. The second kappa shape index (κ2) is 7.68. The summed E-state index contributed by atoms with van der Waals surface area (Å²) in [4.78, 5) is 23.5. The highest BCUT2D eigenvalue weighted by atomic mass is 19.4. The van der Waals surface area contributed by atoms with Crippen molar-refractivity contribution in [2.24, 2.45) is 0 Å². The van der Waals surface area contributed by atoms with Crippen LogP contribution in [0.2, 0.25) is 0 Å². The molecule has 10 heteroatoms. The van der Waals surface area contributed by atoms with Gasteiger partial charge in [0.05, 0.1) is 17.7 Å². The number of amides is 2. The van der Waals surface area contributed by atoms with Crippen molar-refractivity contribution < 1.29 is 35.9 Å². The fraction of sp³-hybridized carbons (Fsp3) is 0.176. The molecule has 2 amide bonds. The van der Waals surface area contributed by atoms with Crippen molar-refractivity contribution in [3.63, 3.8) is 0 Å². The first-order valence-corrected chi connectivity index (χ1v) is 7.39. The summed E-state index contributed by atoms with van der Waals surface area (Å²) < 4.78 is 74.7. The zero-order chi connectivity index (χ0) is 20.2. The van der Waals surface area contributed by atoms with Crippen molar-refractivity contribution in [1.82, 2.24) is 5.32 Å². The molecule has 4 nitrogen and oxygen atoms in total. The van der Waals surface area contributed by atoms with Gasteiger partial charge in [0.15, 0.2) is 0 Å². The summed E-state index contributed by atoms with van der Waals surface area (Å²) in [5.74, 6) is -1.48. The molecule has 0 aliphatic carbocycles. The van der Waals surface area contributed by atoms with E-state index >= 15 is 0 Å². The van der Waals surface area contributed by atoms with Gasteiger partial charge in [0.1, 0.15) is 0 Å². The lowest BCUT2D eigenvalue weighted by molar-refractivity contribution is -0.138. The Morgan fingerprint density at radius 2 is 1.19 bits per heavy atom. The second-order valence-electron chi connectivity index (χ2n) is 5.38. The molecule has 0 aliphatic rings. The van der Waals surface area contributed by atoms with E-state index in [4.69, 9.17) is 0 Å². The van der Waals surface area contributed by atoms with Crippen LogP contribution in [0.5, 0.6) is 0 Å². The second-order valence-corrected chi connectivity index (χ2v) is 5.38. The smallest absolute Gasteiger partial charge is 0.343 e. The summed E-state index contributed by atoms with van der Waals surface area (Å²) in [6.45, 7) is -0.513. The van der Waals surface area contributed by atoms with Crippen LogP contribution in [0.1, 0.15) is 21.5 Å². The number of carbonyl (C=O) groups excluding carboxylic acids is 2. The largest absolute Gasteiger partial charge is 0.416 e. The number of alkyl halides is 6. The molecular weight excluding hydrogens is 378 g/mol. The Bertz CT molecular complexity index is 811. The van der Waals surface area contributed by atoms with Crippen molar-refractivity contribution in [2.75, 3.05) is 11.9 Å². The van der Waals surface area contributed by atoms with Crippen molar-refractivity contribution in [1.29, 1.82) is 0 Å². The zero-order valence-electron chi connectivity index (χ0n) is 13.4. The minimum atomic E-state index is -4.53. The fourth-order valence-electron chi connectivity index (χ4n) is 2.02. The molecule has 2 rings (SSSR count). The van der Waals surface area contributed by atoms with Gasteiger partial charge in [0, 0.05) is 11.3 Å². The first-order chi connectivity index (χ1) is 12.5. The zero-order valence-corrected chi connectivity index (χ0v) is 13.4. The summed E-state index contributed by atoms with van der Waals surface area (Å²) in [5.41, 5.74) is -1.78. The molecule has 2 aromatic rings. The molecule has 2 aromatic carbocycles. The lowest BCUT2D eigenvalue weighted by Crippen LogP contribution is -2.32. The van der Waals surface area contributed by atoms with Gasteiger partial charge in [-0.3, -0.25) is 9.59 Å². The van der Waals surface area contributed by atoms with Crippen LogP contribution in [0, 0.1) is 0 Å². The predicted molar refractivity (Wildman–Crippen MR) is 83.9 cm³/mol. The Labute approximate surface area is 149 Å². The molecule has 2 N–H and O–H groups in total. The lowest BCUT2D eigenvalue weighted by Gasteiger charge is -2.10. The van der Waals surface area contributed by atoms with Crippen molar-refractivity contribution in [3.8, 4) is 0 Å². The average Bonchev–Trinajstić information content (AvgIpc) is 2.58. The van der Waals surface area contributed by atoms with E-state index in [1.807, 2.05) is 0 Å². The van der Waals surface area contributed by atoms with E-state index in [1.165, 1.54) is 0 Å². The van der Waals surface area contributed by atoms with Gasteiger partial charge in [-0.1, -0.05) is 0 Å². The van der Waals surface area contributed by atoms with E-state index in [9.17, 15) is 35.9 Å². The third-order valence-corrected chi connectivity index (χ3v) is 3.38. The molecule has 0 saturated carbocycles. The van der Waals surface area contributed by atoms with E-state index in [1.54, 1.807) is 0 Å². The topological polar surface area (TPSA) is 58.2 Å². The summed E-state index contributed by atoms with van der Waals surface area (Å²) in [6.07, 6.45) is -9.03. The van der Waals surface area contributed by atoms with Crippen LogP contribution in [0.3, 0.4) is 0 Å². The van der Waals surface area contributed by atoms with Crippen LogP contribution in [0.25, 0.3) is 0 Å². The van der Waals surface area contributed by atoms with Crippen molar-refractivity contribution in [3.05, 3.63) is 65.2 Å². The number of carbonyl (C=O) groups is 2. The van der Waals surface area contributed by atoms with Gasteiger partial charge < -0.3 is 10.6 Å². The van der Waals surface area contributed by atoms with Gasteiger partial charge in [0.25, 0.3) is 5.91 Å². The molecule has 0 saturated heterocycles. The number of halogens is 6. The van der Waals surface area contributed by atoms with Gasteiger partial charge in [-0.05, 0) is 48.5 Å². The van der Waals surface area contributed by atoms with Crippen LogP contribution < -0.4 is 10.6 Å². The molecule has 0 unspecified atom stereocenters. The molecule has 0 fully saturated rings. The Hall–Kier alpha value is -3.04. The van der Waals surface area contributed by atoms with Gasteiger partial charge in [-0.2, -0.15) is 26.3 Å². The van der Waals surface area contributed by atoms with Crippen LogP contribution in [0.4, 0.5) is 32.0 Å². The van der Waals surface area contributed by atoms with Crippen LogP contribution in [0.15, 0.2) is 48.5 Å². The van der Waals surface area contributed by atoms with E-state index < -0.39 is 41.8 Å². The first-order valence-electron chi connectivity index (χ1n) is 7.39. The van der Waals surface area contributed by atoms with Crippen LogP contribution >= 0.6 is 0 Å². The highest BCUT2D eigenvalue weighted by Crippen LogP contribution is 2.30. The molecule has 144 valence electrons. The standard InChI is InChI=1S/C17H12F6N2O2/c18-16(19,20)11-3-1-10(2-4-11)15(27)24-9-14(26)25-13-7-5-12(6-8-13)17(21,22)23/h1-8H,9H2,(H,24,27)(H,25,26). The minimum Gasteiger partial charge on any atom is -0.343 e. The minimum absolute atomic E-state index is 0.0784. The summed E-state index contributed by atoms with van der Waals surface area (Å²) in [5, 5.41) is 4.49. The summed E-state index contributed by atoms with van der Waals surface area (Å²) in [7, 11) is 0. The van der Waals surface area contributed by atoms with E-state index in [-0.39, 0.29) is 11.3 Å². The molecule has 0 aliphatic heterocycles. The SMILES string of the molecule is O=C(CNC(=O)c1ccc(C(F)(F)F)cc1)Nc1ccc(C(F)(F)F)cc1. The van der Waals surface area contributed by atoms with Gasteiger partial charge in [0.2, 0.25) is 5.91 Å². The molecule has 0 spiro atoms. The quantitative estimate of drug-likeness (QED) is 0.773. The Morgan fingerprint density at radius 1 is 0.741 bits per heavy atom. The number of nitrogens with one attached hydrogen (secondary N) is 2. The molecular formula is C17H12F6N2O2. The summed E-state index contributed by atoms with van der Waals surface area (Å²) >= 11 is 0. The number of hydrogen-bond acceptors (Lipinski definition) is 2. The maximum absolute atomic E-state index is 12.5. The number of hydrogen-bond donors (Lipinski definition) is 2. The maximum Gasteiger partial charge on any atom is 0.416 e. The van der Waals surface area contributed by atoms with Gasteiger partial charge in [-0.15, -0.1) is 0 Å². The van der Waals surface area contributed by atoms with E-state index in [2.05, 4.69) is 10.6 Å². The Balaban J connectivity index is 1.88. The highest BCUT2D eigenvalue weighted by Gasteiger charge is 2.30. The highest BCUT2D eigenvalue weighted by molar-refractivity contribution is 5.99. The van der Waals surface area contributed by atoms with Crippen molar-refractivity contribution >= 4 is 17.5 Å². The first kappa shape index (κ1) is 20.3. The Kier molecular flexibility index (Phi) is 5.77. The van der Waals surface area contributed by atoms with E-state index in [0.717, 1.165) is 48.5 Å². The molecule has 0 bridgehead atoms. The molecule has 0 aromatic heterocycles. The average molecular weight is 390 g/mol. The Morgan fingerprint density at radius 3 is 1.63 bits per heavy atom. The third-order valence-electron chi connectivity index (χ3n) is 3.38. The maximum atomic E-state index is 12.5. The number of benzene rings is 2.